The molecule has 1 N–H and O–H groups in total. The number of benzene rings is 3. The lowest BCUT2D eigenvalue weighted by molar-refractivity contribution is -0.180. The molecule has 3 aliphatic rings. The van der Waals surface area contributed by atoms with Crippen LogP contribution < -0.4 is 5.32 Å². The molecule has 38 heavy (non-hydrogen) atoms. The lowest BCUT2D eigenvalue weighted by Gasteiger charge is -2.17. The molecule has 0 bridgehead atoms. The smallest absolute Gasteiger partial charge is 0.407 e. The molecule has 0 radical (unpaired) electrons. The minimum atomic E-state index is -0.950. The van der Waals surface area contributed by atoms with Crippen LogP contribution in [0.2, 0.25) is 0 Å². The third-order valence-electron chi connectivity index (χ3n) is 7.13. The molecule has 2 heterocycles. The molecule has 1 fully saturated rings. The molecule has 1 aliphatic carbocycles. The van der Waals surface area contributed by atoms with Gasteiger partial charge in [0.05, 0.1) is 17.2 Å². The molecule has 3 aromatic carbocycles. The second kappa shape index (κ2) is 9.75. The molecule has 2 aliphatic heterocycles. The maximum Gasteiger partial charge on any atom is 0.407 e. The summed E-state index contributed by atoms with van der Waals surface area (Å²) in [4.78, 5) is 54.9. The number of rotatable bonds is 6. The van der Waals surface area contributed by atoms with E-state index in [1.165, 1.54) is 12.1 Å². The third-order valence-corrected chi connectivity index (χ3v) is 7.13. The average Bonchev–Trinajstić information content (AvgIpc) is 3.62. The van der Waals surface area contributed by atoms with Crippen molar-refractivity contribution in [3.05, 3.63) is 95.1 Å². The monoisotopic (exact) mass is 512 g/mol. The van der Waals surface area contributed by atoms with Crippen molar-refractivity contribution in [3.63, 3.8) is 0 Å². The molecular formula is C29H24N2O7. The Labute approximate surface area is 218 Å². The Bertz CT molecular complexity index is 1370. The first kappa shape index (κ1) is 23.9. The maximum atomic E-state index is 12.6. The number of carbonyl (C=O) groups excluding carboxylic acids is 4. The fourth-order valence-electron chi connectivity index (χ4n) is 5.27. The minimum absolute atomic E-state index is 0.0443. The number of nitrogens with zero attached hydrogens (tertiary/aromatic N) is 1. The van der Waals surface area contributed by atoms with Crippen molar-refractivity contribution in [2.45, 2.75) is 31.0 Å². The van der Waals surface area contributed by atoms with Crippen LogP contribution in [0.1, 0.15) is 50.6 Å². The van der Waals surface area contributed by atoms with Gasteiger partial charge in [0, 0.05) is 12.5 Å². The van der Waals surface area contributed by atoms with Crippen LogP contribution in [0, 0.1) is 0 Å². The fourth-order valence-corrected chi connectivity index (χ4v) is 5.27. The Morgan fingerprint density at radius 3 is 1.97 bits per heavy atom. The quantitative estimate of drug-likeness (QED) is 0.500. The number of imide groups is 1. The standard InChI is InChI=1S/C29H24N2O7/c32-26-22-11-5-6-12-23(22)27(33)31(26)38-28(34)25-14-13-17(37-25)15-30-29(35)36-16-24-20-9-3-1-7-18(20)19-8-2-4-10-21(19)24/h1-12,17,24-25H,13-16H2,(H,30,35)/t17-,25+/m0/s1. The van der Waals surface area contributed by atoms with Gasteiger partial charge in [-0.2, -0.15) is 0 Å². The van der Waals surface area contributed by atoms with E-state index in [1.54, 1.807) is 12.1 Å². The van der Waals surface area contributed by atoms with Crippen LogP contribution in [0.25, 0.3) is 11.1 Å². The van der Waals surface area contributed by atoms with Crippen molar-refractivity contribution in [3.8, 4) is 11.1 Å². The van der Waals surface area contributed by atoms with Crippen LogP contribution in [0.5, 0.6) is 0 Å². The molecule has 2 atom stereocenters. The van der Waals surface area contributed by atoms with Gasteiger partial charge in [-0.15, -0.1) is 0 Å². The van der Waals surface area contributed by atoms with Gasteiger partial charge in [0.2, 0.25) is 0 Å². The van der Waals surface area contributed by atoms with Crippen molar-refractivity contribution in [2.75, 3.05) is 13.2 Å². The summed E-state index contributed by atoms with van der Waals surface area (Å²) in [5, 5.41) is 3.17. The number of nitrogens with one attached hydrogen (secondary N) is 1. The van der Waals surface area contributed by atoms with E-state index in [0.717, 1.165) is 22.3 Å². The number of hydrogen-bond donors (Lipinski definition) is 1. The normalized spacial score (nSPS) is 19.6. The first-order chi connectivity index (χ1) is 18.5. The van der Waals surface area contributed by atoms with E-state index in [2.05, 4.69) is 29.6 Å². The number of carbonyl (C=O) groups is 4. The van der Waals surface area contributed by atoms with Crippen molar-refractivity contribution in [1.29, 1.82) is 0 Å². The third kappa shape index (κ3) is 4.20. The maximum absolute atomic E-state index is 12.6. The largest absolute Gasteiger partial charge is 0.449 e. The molecule has 0 saturated carbocycles. The lowest BCUT2D eigenvalue weighted by Crippen LogP contribution is -2.38. The van der Waals surface area contributed by atoms with Gasteiger partial charge in [0.1, 0.15) is 6.61 Å². The van der Waals surface area contributed by atoms with Crippen molar-refractivity contribution in [2.24, 2.45) is 0 Å². The highest BCUT2D eigenvalue weighted by atomic mass is 16.7. The van der Waals surface area contributed by atoms with Crippen LogP contribution in [-0.4, -0.2) is 54.3 Å². The van der Waals surface area contributed by atoms with E-state index in [9.17, 15) is 19.2 Å². The highest BCUT2D eigenvalue weighted by Crippen LogP contribution is 2.44. The van der Waals surface area contributed by atoms with Crippen molar-refractivity contribution in [1.82, 2.24) is 10.4 Å². The summed E-state index contributed by atoms with van der Waals surface area (Å²) in [6.07, 6.45) is -1.14. The SMILES string of the molecule is O=C(NC[C@@H]1CC[C@H](C(=O)ON2C(=O)c3ccccc3C2=O)O1)OCC1c2ccccc2-c2ccccc21. The number of hydroxylamine groups is 2. The number of ether oxygens (including phenoxy) is 2. The highest BCUT2D eigenvalue weighted by molar-refractivity contribution is 6.20. The van der Waals surface area contributed by atoms with Crippen LogP contribution in [0.4, 0.5) is 4.79 Å². The molecule has 6 rings (SSSR count). The summed E-state index contributed by atoms with van der Waals surface area (Å²) in [5.74, 6) is -2.25. The topological polar surface area (TPSA) is 111 Å². The van der Waals surface area contributed by atoms with E-state index >= 15 is 0 Å². The van der Waals surface area contributed by atoms with Crippen molar-refractivity contribution >= 4 is 23.9 Å². The van der Waals surface area contributed by atoms with Crippen molar-refractivity contribution < 1.29 is 33.5 Å². The summed E-state index contributed by atoms with van der Waals surface area (Å²) in [5.41, 5.74) is 4.91. The molecule has 192 valence electrons. The molecule has 3 aromatic rings. The van der Waals surface area contributed by atoms with Crippen LogP contribution in [0.15, 0.2) is 72.8 Å². The zero-order chi connectivity index (χ0) is 26.2. The second-order valence-electron chi connectivity index (χ2n) is 9.39. The molecular weight excluding hydrogens is 488 g/mol. The predicted octanol–water partition coefficient (Wildman–Crippen LogP) is 3.83. The number of hydrogen-bond acceptors (Lipinski definition) is 7. The van der Waals surface area contributed by atoms with Crippen LogP contribution in [0.3, 0.4) is 0 Å². The first-order valence-corrected chi connectivity index (χ1v) is 12.4. The first-order valence-electron chi connectivity index (χ1n) is 12.4. The Balaban J connectivity index is 0.985. The Kier molecular flexibility index (Phi) is 6.13. The van der Waals surface area contributed by atoms with Gasteiger partial charge >= 0.3 is 12.1 Å². The molecule has 9 nitrogen and oxygen atoms in total. The summed E-state index contributed by atoms with van der Waals surface area (Å²) in [6.45, 7) is 0.341. The van der Waals surface area contributed by atoms with Crippen LogP contribution in [-0.2, 0) is 19.1 Å². The van der Waals surface area contributed by atoms with Gasteiger partial charge in [-0.25, -0.2) is 9.59 Å². The minimum Gasteiger partial charge on any atom is -0.449 e. The van der Waals surface area contributed by atoms with Gasteiger partial charge in [0.25, 0.3) is 11.8 Å². The second-order valence-corrected chi connectivity index (χ2v) is 9.39. The molecule has 0 aromatic heterocycles. The van der Waals surface area contributed by atoms with Gasteiger partial charge in [-0.1, -0.05) is 65.7 Å². The lowest BCUT2D eigenvalue weighted by atomic mass is 9.98. The molecule has 3 amide bonds. The van der Waals surface area contributed by atoms with E-state index < -0.39 is 36.1 Å². The fraction of sp³-hybridized carbons (Fsp3) is 0.241. The Morgan fingerprint density at radius 2 is 1.37 bits per heavy atom. The van der Waals surface area contributed by atoms with E-state index in [4.69, 9.17) is 14.3 Å². The van der Waals surface area contributed by atoms with E-state index in [1.807, 2.05) is 24.3 Å². The van der Waals surface area contributed by atoms with E-state index in [0.29, 0.717) is 17.9 Å². The average molecular weight is 513 g/mol. The summed E-state index contributed by atoms with van der Waals surface area (Å²) >= 11 is 0. The summed E-state index contributed by atoms with van der Waals surface area (Å²) in [7, 11) is 0. The van der Waals surface area contributed by atoms with Gasteiger partial charge in [-0.3, -0.25) is 9.59 Å². The number of amides is 3. The highest BCUT2D eigenvalue weighted by Gasteiger charge is 2.41. The Hall–Kier alpha value is -4.50. The van der Waals surface area contributed by atoms with E-state index in [-0.39, 0.29) is 30.2 Å². The zero-order valence-corrected chi connectivity index (χ0v) is 20.3. The van der Waals surface area contributed by atoms with Gasteiger partial charge < -0.3 is 19.6 Å². The molecule has 0 spiro atoms. The summed E-state index contributed by atoms with van der Waals surface area (Å²) < 4.78 is 11.2. The predicted molar refractivity (Wildman–Crippen MR) is 134 cm³/mol. The van der Waals surface area contributed by atoms with Gasteiger partial charge in [-0.05, 0) is 47.2 Å². The molecule has 0 unspecified atom stereocenters. The number of alkyl carbamates (subject to hydrolysis) is 1. The molecule has 1 saturated heterocycles. The van der Waals surface area contributed by atoms with Crippen LogP contribution >= 0.6 is 0 Å². The Morgan fingerprint density at radius 1 is 0.816 bits per heavy atom. The molecule has 9 heteroatoms. The van der Waals surface area contributed by atoms with Gasteiger partial charge in [0.15, 0.2) is 6.10 Å². The number of fused-ring (bicyclic) bond motifs is 4. The summed E-state index contributed by atoms with van der Waals surface area (Å²) in [6, 6.07) is 22.4. The zero-order valence-electron chi connectivity index (χ0n) is 20.3.